The number of amides is 2. The lowest BCUT2D eigenvalue weighted by Gasteiger charge is -2.33. The van der Waals surface area contributed by atoms with Crippen LogP contribution in [0.1, 0.15) is 16.7 Å². The van der Waals surface area contributed by atoms with Crippen LogP contribution in [0, 0.1) is 12.7 Å². The number of aromatic amines is 1. The van der Waals surface area contributed by atoms with Gasteiger partial charge in [-0.05, 0) is 41.6 Å². The summed E-state index contributed by atoms with van der Waals surface area (Å²) in [6.45, 7) is 4.38. The molecule has 1 fully saturated rings. The number of para-hydroxylation sites is 1. The van der Waals surface area contributed by atoms with Gasteiger partial charge in [-0.3, -0.25) is 4.79 Å². The molecule has 1 saturated heterocycles. The molecule has 2 heterocycles. The second-order valence-corrected chi connectivity index (χ2v) is 7.53. The number of ether oxygens (including phenoxy) is 1. The summed E-state index contributed by atoms with van der Waals surface area (Å²) in [5.41, 5.74) is 2.89. The number of carbonyl (C=O) groups is 1. The Labute approximate surface area is 173 Å². The third kappa shape index (κ3) is 4.36. The van der Waals surface area contributed by atoms with Gasteiger partial charge in [0.1, 0.15) is 5.82 Å². The minimum absolute atomic E-state index is 0.160. The fourth-order valence-corrected chi connectivity index (χ4v) is 3.71. The lowest BCUT2D eigenvalue weighted by atomic mass is 10.1. The smallest absolute Gasteiger partial charge is 0.320 e. The molecule has 0 unspecified atom stereocenters. The van der Waals surface area contributed by atoms with E-state index in [1.165, 1.54) is 12.1 Å². The maximum Gasteiger partial charge on any atom is 0.320 e. The van der Waals surface area contributed by atoms with Crippen LogP contribution in [-0.2, 0) is 17.8 Å². The van der Waals surface area contributed by atoms with Crippen molar-refractivity contribution in [2.24, 2.45) is 0 Å². The average molecular weight is 409 g/mol. The molecule has 1 aromatic heterocycles. The van der Waals surface area contributed by atoms with Crippen molar-refractivity contribution in [1.82, 2.24) is 14.8 Å². The number of nitrogens with zero attached hydrogens (tertiary/aromatic N) is 2. The summed E-state index contributed by atoms with van der Waals surface area (Å²) in [5.74, 6) is -0.328. The lowest BCUT2D eigenvalue weighted by molar-refractivity contribution is 0.0418. The molecule has 0 radical (unpaired) electrons. The summed E-state index contributed by atoms with van der Waals surface area (Å²) in [7, 11) is 0. The summed E-state index contributed by atoms with van der Waals surface area (Å²) >= 11 is 0. The van der Waals surface area contributed by atoms with E-state index in [1.807, 2.05) is 31.2 Å². The van der Waals surface area contributed by atoms with Crippen LogP contribution in [0.25, 0.3) is 10.9 Å². The molecule has 0 saturated carbocycles. The van der Waals surface area contributed by atoms with Gasteiger partial charge in [0.05, 0.1) is 25.3 Å². The van der Waals surface area contributed by atoms with Crippen molar-refractivity contribution < 1.29 is 13.9 Å². The van der Waals surface area contributed by atoms with E-state index in [9.17, 15) is 14.0 Å². The van der Waals surface area contributed by atoms with Crippen LogP contribution in [-0.4, -0.2) is 47.1 Å². The highest BCUT2D eigenvalue weighted by Gasteiger charge is 2.24. The van der Waals surface area contributed by atoms with Gasteiger partial charge in [0.15, 0.2) is 0 Å². The van der Waals surface area contributed by atoms with Crippen LogP contribution in [0.4, 0.5) is 9.18 Å². The molecule has 0 spiro atoms. The number of aromatic nitrogens is 1. The molecular formula is C23H24FN3O3. The van der Waals surface area contributed by atoms with Crippen molar-refractivity contribution in [3.63, 3.8) is 0 Å². The van der Waals surface area contributed by atoms with Crippen LogP contribution >= 0.6 is 0 Å². The zero-order valence-corrected chi connectivity index (χ0v) is 16.9. The average Bonchev–Trinajstić information content (AvgIpc) is 2.76. The number of H-pyrrole nitrogens is 1. The second kappa shape index (κ2) is 8.67. The normalized spacial score (nSPS) is 14.1. The third-order valence-electron chi connectivity index (χ3n) is 5.36. The number of fused-ring (bicyclic) bond motifs is 1. The molecule has 3 aromatic rings. The number of benzene rings is 2. The molecule has 2 aromatic carbocycles. The fourth-order valence-electron chi connectivity index (χ4n) is 3.71. The number of hydrogen-bond acceptors (Lipinski definition) is 3. The van der Waals surface area contributed by atoms with E-state index in [4.69, 9.17) is 4.74 Å². The van der Waals surface area contributed by atoms with Crippen molar-refractivity contribution in [3.05, 3.63) is 81.4 Å². The molecular weight excluding hydrogens is 385 g/mol. The Morgan fingerprint density at radius 3 is 2.60 bits per heavy atom. The summed E-state index contributed by atoms with van der Waals surface area (Å²) in [4.78, 5) is 32.3. The standard InChI is InChI=1S/C23H24FN3O3/c1-16-3-2-4-18-13-19(22(28)25-21(16)18)15-27(14-17-5-7-20(24)8-6-17)23(29)26-9-11-30-12-10-26/h2-8,13H,9-12,14-15H2,1H3,(H,25,28). The van der Waals surface area contributed by atoms with Gasteiger partial charge in [-0.1, -0.05) is 30.3 Å². The third-order valence-corrected chi connectivity index (χ3v) is 5.36. The van der Waals surface area contributed by atoms with E-state index in [2.05, 4.69) is 4.98 Å². The summed E-state index contributed by atoms with van der Waals surface area (Å²) in [5, 5.41) is 0.921. The highest BCUT2D eigenvalue weighted by molar-refractivity contribution is 5.82. The number of carbonyl (C=O) groups excluding carboxylic acids is 1. The SMILES string of the molecule is Cc1cccc2cc(CN(Cc3ccc(F)cc3)C(=O)N3CCOCC3)c(=O)[nH]c12. The zero-order valence-electron chi connectivity index (χ0n) is 16.9. The minimum Gasteiger partial charge on any atom is -0.378 e. The number of hydrogen-bond donors (Lipinski definition) is 1. The zero-order chi connectivity index (χ0) is 21.1. The lowest BCUT2D eigenvalue weighted by Crippen LogP contribution is -2.48. The Morgan fingerprint density at radius 1 is 1.13 bits per heavy atom. The number of rotatable bonds is 4. The predicted octanol–water partition coefficient (Wildman–Crippen LogP) is 3.43. The first kappa shape index (κ1) is 20.1. The first-order chi connectivity index (χ1) is 14.5. The first-order valence-corrected chi connectivity index (χ1v) is 9.99. The topological polar surface area (TPSA) is 65.6 Å². The van der Waals surface area contributed by atoms with Crippen molar-refractivity contribution in [2.45, 2.75) is 20.0 Å². The van der Waals surface area contributed by atoms with E-state index in [0.717, 1.165) is 22.0 Å². The molecule has 0 bridgehead atoms. The van der Waals surface area contributed by atoms with E-state index < -0.39 is 0 Å². The van der Waals surface area contributed by atoms with Crippen LogP contribution in [0.5, 0.6) is 0 Å². The monoisotopic (exact) mass is 409 g/mol. The number of halogens is 1. The fraction of sp³-hybridized carbons (Fsp3) is 0.304. The molecule has 2 amide bonds. The molecule has 0 atom stereocenters. The Hall–Kier alpha value is -3.19. The maximum absolute atomic E-state index is 13.3. The molecule has 6 nitrogen and oxygen atoms in total. The van der Waals surface area contributed by atoms with Crippen LogP contribution in [0.2, 0.25) is 0 Å². The predicted molar refractivity (Wildman–Crippen MR) is 113 cm³/mol. The van der Waals surface area contributed by atoms with Gasteiger partial charge in [0.25, 0.3) is 5.56 Å². The largest absolute Gasteiger partial charge is 0.378 e. The Bertz CT molecular complexity index is 1100. The number of pyridine rings is 1. The number of morpholine rings is 1. The van der Waals surface area contributed by atoms with Gasteiger partial charge in [0.2, 0.25) is 0 Å². The minimum atomic E-state index is -0.328. The Kier molecular flexibility index (Phi) is 5.81. The van der Waals surface area contributed by atoms with Gasteiger partial charge in [-0.25, -0.2) is 9.18 Å². The van der Waals surface area contributed by atoms with Crippen LogP contribution in [0.3, 0.4) is 0 Å². The van der Waals surface area contributed by atoms with Gasteiger partial charge < -0.3 is 19.5 Å². The summed E-state index contributed by atoms with van der Waals surface area (Å²) < 4.78 is 18.7. The Balaban J connectivity index is 1.65. The van der Waals surface area contributed by atoms with E-state index in [1.54, 1.807) is 21.9 Å². The van der Waals surface area contributed by atoms with Gasteiger partial charge >= 0.3 is 6.03 Å². The molecule has 156 valence electrons. The Morgan fingerprint density at radius 2 is 1.87 bits per heavy atom. The molecule has 30 heavy (non-hydrogen) atoms. The van der Waals surface area contributed by atoms with Crippen molar-refractivity contribution in [2.75, 3.05) is 26.3 Å². The molecule has 0 aliphatic carbocycles. The highest BCUT2D eigenvalue weighted by atomic mass is 19.1. The van der Waals surface area contributed by atoms with E-state index in [-0.39, 0.29) is 30.5 Å². The van der Waals surface area contributed by atoms with Gasteiger partial charge in [-0.15, -0.1) is 0 Å². The molecule has 1 aliphatic rings. The molecule has 4 rings (SSSR count). The molecule has 7 heteroatoms. The van der Waals surface area contributed by atoms with Crippen molar-refractivity contribution >= 4 is 16.9 Å². The maximum atomic E-state index is 13.3. The summed E-state index contributed by atoms with van der Waals surface area (Å²) in [6, 6.07) is 13.6. The highest BCUT2D eigenvalue weighted by Crippen LogP contribution is 2.18. The van der Waals surface area contributed by atoms with Gasteiger partial charge in [0, 0.05) is 25.2 Å². The summed E-state index contributed by atoms with van der Waals surface area (Å²) in [6.07, 6.45) is 0. The second-order valence-electron chi connectivity index (χ2n) is 7.53. The molecule has 1 N–H and O–H groups in total. The van der Waals surface area contributed by atoms with Crippen LogP contribution in [0.15, 0.2) is 53.3 Å². The van der Waals surface area contributed by atoms with E-state index >= 15 is 0 Å². The van der Waals surface area contributed by atoms with Crippen LogP contribution < -0.4 is 5.56 Å². The molecule has 1 aliphatic heterocycles. The number of nitrogens with one attached hydrogen (secondary N) is 1. The quantitative estimate of drug-likeness (QED) is 0.718. The van der Waals surface area contributed by atoms with Crippen molar-refractivity contribution in [3.8, 4) is 0 Å². The van der Waals surface area contributed by atoms with E-state index in [0.29, 0.717) is 31.9 Å². The number of aryl methyl sites for hydroxylation is 1. The number of urea groups is 1. The van der Waals surface area contributed by atoms with Crippen molar-refractivity contribution in [1.29, 1.82) is 0 Å². The van der Waals surface area contributed by atoms with Gasteiger partial charge in [-0.2, -0.15) is 0 Å². The first-order valence-electron chi connectivity index (χ1n) is 9.99.